The zero-order chi connectivity index (χ0) is 25.5. The maximum atomic E-state index is 13.4. The first-order valence-corrected chi connectivity index (χ1v) is 12.3. The van der Waals surface area contributed by atoms with Crippen LogP contribution in [0.25, 0.3) is 0 Å². The Balaban J connectivity index is 1.47. The third-order valence-electron chi connectivity index (χ3n) is 7.11. The lowest BCUT2D eigenvalue weighted by atomic mass is 9.70. The molecule has 192 valence electrons. The van der Waals surface area contributed by atoms with E-state index in [1.54, 1.807) is 25.7 Å². The van der Waals surface area contributed by atoms with Gasteiger partial charge in [0.2, 0.25) is 11.8 Å². The second kappa shape index (κ2) is 9.33. The Labute approximate surface area is 206 Å². The van der Waals surface area contributed by atoms with E-state index < -0.39 is 29.2 Å². The van der Waals surface area contributed by atoms with E-state index in [0.717, 1.165) is 17.7 Å². The molecule has 0 unspecified atom stereocenters. The van der Waals surface area contributed by atoms with Crippen molar-refractivity contribution in [3.05, 3.63) is 29.8 Å². The Morgan fingerprint density at radius 1 is 1.26 bits per heavy atom. The number of primary amides is 1. The fraction of sp³-hybridized carbons (Fsp3) is 0.654. The summed E-state index contributed by atoms with van der Waals surface area (Å²) in [6.07, 6.45) is 0.460. The number of alkyl carbamates (subject to hydrolysis) is 1. The predicted molar refractivity (Wildman–Crippen MR) is 129 cm³/mol. The number of hydrogen-bond donors (Lipinski definition) is 2. The van der Waals surface area contributed by atoms with Gasteiger partial charge in [0.05, 0.1) is 18.6 Å². The summed E-state index contributed by atoms with van der Waals surface area (Å²) in [6, 6.07) is 6.96. The molecule has 3 aliphatic heterocycles. The molecule has 5 atom stereocenters. The van der Waals surface area contributed by atoms with E-state index in [2.05, 4.69) is 25.2 Å². The van der Waals surface area contributed by atoms with Gasteiger partial charge in [-0.2, -0.15) is 0 Å². The Morgan fingerprint density at radius 2 is 1.97 bits per heavy atom. The highest BCUT2D eigenvalue weighted by Gasteiger charge is 2.51. The predicted octanol–water partition coefficient (Wildman–Crippen LogP) is 2.92. The molecule has 0 saturated carbocycles. The quantitative estimate of drug-likeness (QED) is 0.674. The molecule has 3 aliphatic rings. The summed E-state index contributed by atoms with van der Waals surface area (Å²) in [6.45, 7) is 10.3. The average Bonchev–Trinajstić information content (AvgIpc) is 2.75. The number of carbonyl (C=O) groups excluding carboxylic acids is 3. The normalized spacial score (nSPS) is 27.9. The van der Waals surface area contributed by atoms with E-state index in [4.69, 9.17) is 19.9 Å². The number of para-hydroxylation sites is 1. The van der Waals surface area contributed by atoms with Crippen molar-refractivity contribution in [2.45, 2.75) is 83.3 Å². The topological polar surface area (TPSA) is 120 Å². The molecule has 0 aromatic heterocycles. The number of nitrogens with one attached hydrogen (secondary N) is 1. The van der Waals surface area contributed by atoms with Crippen molar-refractivity contribution >= 4 is 17.9 Å². The van der Waals surface area contributed by atoms with Crippen LogP contribution in [0.15, 0.2) is 24.3 Å². The van der Waals surface area contributed by atoms with Gasteiger partial charge in [0, 0.05) is 30.5 Å². The van der Waals surface area contributed by atoms with Gasteiger partial charge in [-0.15, -0.1) is 0 Å². The minimum atomic E-state index is -1.07. The molecule has 2 saturated heterocycles. The van der Waals surface area contributed by atoms with Crippen LogP contribution in [0.1, 0.15) is 65.5 Å². The SMILES string of the molecule is CC(C)(C)OC(=O)N[C@@H](CC(N)=O)C(=O)N1CC[C@H]2O[C@H]3c4ccccc4OC(C)(C)[C@@H]3C[C@H]2C1. The smallest absolute Gasteiger partial charge is 0.408 e. The first kappa shape index (κ1) is 25.3. The maximum absolute atomic E-state index is 13.4. The van der Waals surface area contributed by atoms with E-state index in [0.29, 0.717) is 19.5 Å². The number of ether oxygens (including phenoxy) is 3. The van der Waals surface area contributed by atoms with Crippen LogP contribution in [0.5, 0.6) is 5.75 Å². The molecule has 3 heterocycles. The van der Waals surface area contributed by atoms with Crippen LogP contribution >= 0.6 is 0 Å². The zero-order valence-electron chi connectivity index (χ0n) is 21.2. The minimum Gasteiger partial charge on any atom is -0.487 e. The third-order valence-corrected chi connectivity index (χ3v) is 7.11. The Morgan fingerprint density at radius 3 is 2.66 bits per heavy atom. The van der Waals surface area contributed by atoms with E-state index in [1.807, 2.05) is 18.2 Å². The molecule has 3 amide bonds. The van der Waals surface area contributed by atoms with Crippen molar-refractivity contribution in [2.75, 3.05) is 13.1 Å². The van der Waals surface area contributed by atoms with Gasteiger partial charge in [-0.1, -0.05) is 18.2 Å². The number of nitrogens with zero attached hydrogens (tertiary/aromatic N) is 1. The number of rotatable bonds is 4. The molecule has 1 aromatic carbocycles. The molecule has 1 aromatic rings. The molecule has 2 fully saturated rings. The van der Waals surface area contributed by atoms with Crippen LogP contribution in [0.4, 0.5) is 4.79 Å². The molecular formula is C26H37N3O6. The van der Waals surface area contributed by atoms with Crippen molar-refractivity contribution in [1.82, 2.24) is 10.2 Å². The van der Waals surface area contributed by atoms with Crippen LogP contribution in [0.2, 0.25) is 0 Å². The molecule has 0 spiro atoms. The van der Waals surface area contributed by atoms with Crippen LogP contribution in [0, 0.1) is 11.8 Å². The number of likely N-dealkylation sites (tertiary alicyclic amines) is 1. The Hall–Kier alpha value is -2.81. The summed E-state index contributed by atoms with van der Waals surface area (Å²) in [4.78, 5) is 39.0. The van der Waals surface area contributed by atoms with E-state index in [9.17, 15) is 14.4 Å². The summed E-state index contributed by atoms with van der Waals surface area (Å²) < 4.78 is 18.3. The molecule has 0 bridgehead atoms. The van der Waals surface area contributed by atoms with Crippen LogP contribution in [-0.4, -0.2) is 59.2 Å². The lowest BCUT2D eigenvalue weighted by Gasteiger charge is -2.53. The van der Waals surface area contributed by atoms with E-state index >= 15 is 0 Å². The average molecular weight is 488 g/mol. The first-order chi connectivity index (χ1) is 16.3. The van der Waals surface area contributed by atoms with Gasteiger partial charge >= 0.3 is 6.09 Å². The zero-order valence-corrected chi connectivity index (χ0v) is 21.2. The monoisotopic (exact) mass is 487 g/mol. The highest BCUT2D eigenvalue weighted by molar-refractivity contribution is 5.90. The standard InChI is InChI=1S/C26H37N3O6/c1-25(2,3)35-24(32)28-18(13-21(27)30)23(31)29-11-10-19-15(14-29)12-17-22(33-19)16-8-6-7-9-20(16)34-26(17,4)5/h6-9,15,17-19,22H,10-14H2,1-5H3,(H2,27,30)(H,28,32)/t15-,17+,18-,19+,22-/m0/s1. The van der Waals surface area contributed by atoms with Crippen LogP contribution < -0.4 is 15.8 Å². The number of amides is 3. The number of hydrogen-bond acceptors (Lipinski definition) is 6. The highest BCUT2D eigenvalue weighted by Crippen LogP contribution is 2.52. The molecule has 0 radical (unpaired) electrons. The van der Waals surface area contributed by atoms with Gasteiger partial charge in [-0.3, -0.25) is 9.59 Å². The molecule has 9 heteroatoms. The lowest BCUT2D eigenvalue weighted by molar-refractivity contribution is -0.189. The number of fused-ring (bicyclic) bond motifs is 4. The summed E-state index contributed by atoms with van der Waals surface area (Å²) in [7, 11) is 0. The van der Waals surface area contributed by atoms with Crippen molar-refractivity contribution in [3.63, 3.8) is 0 Å². The second-order valence-electron chi connectivity index (χ2n) is 11.4. The van der Waals surface area contributed by atoms with Gasteiger partial charge in [-0.25, -0.2) is 4.79 Å². The molecule has 0 aliphatic carbocycles. The first-order valence-electron chi connectivity index (χ1n) is 12.3. The van der Waals surface area contributed by atoms with Crippen molar-refractivity contribution in [3.8, 4) is 5.75 Å². The van der Waals surface area contributed by atoms with Gasteiger partial charge in [0.15, 0.2) is 0 Å². The van der Waals surface area contributed by atoms with Gasteiger partial charge in [0.25, 0.3) is 0 Å². The minimum absolute atomic E-state index is 0.0238. The molecular weight excluding hydrogens is 450 g/mol. The Kier molecular flexibility index (Phi) is 6.74. The summed E-state index contributed by atoms with van der Waals surface area (Å²) in [5, 5.41) is 2.54. The summed E-state index contributed by atoms with van der Waals surface area (Å²) in [5.41, 5.74) is 5.31. The largest absolute Gasteiger partial charge is 0.487 e. The summed E-state index contributed by atoms with van der Waals surface area (Å²) >= 11 is 0. The number of benzene rings is 1. The van der Waals surface area contributed by atoms with Crippen molar-refractivity contribution in [1.29, 1.82) is 0 Å². The van der Waals surface area contributed by atoms with Crippen LogP contribution in [0.3, 0.4) is 0 Å². The Bertz CT molecular complexity index is 988. The maximum Gasteiger partial charge on any atom is 0.408 e. The van der Waals surface area contributed by atoms with Crippen molar-refractivity contribution in [2.24, 2.45) is 17.6 Å². The van der Waals surface area contributed by atoms with Gasteiger partial charge in [0.1, 0.15) is 23.0 Å². The number of nitrogens with two attached hydrogens (primary N) is 1. The molecule has 35 heavy (non-hydrogen) atoms. The number of carbonyl (C=O) groups is 3. The molecule has 4 rings (SSSR count). The fourth-order valence-corrected chi connectivity index (χ4v) is 5.53. The van der Waals surface area contributed by atoms with Crippen LogP contribution in [-0.2, 0) is 19.1 Å². The number of piperidine rings is 1. The lowest BCUT2D eigenvalue weighted by Crippen LogP contribution is -2.58. The molecule has 3 N–H and O–H groups in total. The van der Waals surface area contributed by atoms with Gasteiger partial charge in [-0.05, 0) is 53.5 Å². The third kappa shape index (κ3) is 5.55. The molecule has 9 nitrogen and oxygen atoms in total. The second-order valence-corrected chi connectivity index (χ2v) is 11.4. The highest BCUT2D eigenvalue weighted by atomic mass is 16.6. The summed E-state index contributed by atoms with van der Waals surface area (Å²) in [5.74, 6) is 0.123. The van der Waals surface area contributed by atoms with Gasteiger partial charge < -0.3 is 30.2 Å². The van der Waals surface area contributed by atoms with E-state index in [-0.39, 0.29) is 36.4 Å². The van der Waals surface area contributed by atoms with Crippen molar-refractivity contribution < 1.29 is 28.6 Å². The fourth-order valence-electron chi connectivity index (χ4n) is 5.53. The van der Waals surface area contributed by atoms with E-state index in [1.165, 1.54) is 0 Å².